The van der Waals surface area contributed by atoms with Gasteiger partial charge in [-0.3, -0.25) is 19.4 Å². The fourth-order valence-electron chi connectivity index (χ4n) is 7.38. The van der Waals surface area contributed by atoms with Crippen molar-refractivity contribution >= 4 is 40.5 Å². The van der Waals surface area contributed by atoms with Gasteiger partial charge in [0.1, 0.15) is 0 Å². The number of aliphatic hydroxyl groups excluding tert-OH is 3. The van der Waals surface area contributed by atoms with Gasteiger partial charge in [0.05, 0.1) is 41.8 Å². The van der Waals surface area contributed by atoms with Crippen molar-refractivity contribution in [2.45, 2.75) is 57.7 Å². The molecular weight excluding hydrogens is 687 g/mol. The van der Waals surface area contributed by atoms with Crippen LogP contribution >= 0.6 is 22.6 Å². The van der Waals surface area contributed by atoms with Crippen LogP contribution in [0, 0.1) is 21.3 Å². The Labute approximate surface area is 278 Å². The van der Waals surface area contributed by atoms with E-state index in [1.807, 2.05) is 59.9 Å². The van der Waals surface area contributed by atoms with Crippen LogP contribution in [0.4, 0.5) is 0 Å². The van der Waals surface area contributed by atoms with E-state index in [2.05, 4.69) is 17.0 Å². The first-order chi connectivity index (χ1) is 21.7. The molecule has 242 valence electrons. The van der Waals surface area contributed by atoms with Crippen LogP contribution in [0.5, 0.6) is 11.5 Å². The number of fused-ring (bicyclic) bond motifs is 1. The summed E-state index contributed by atoms with van der Waals surface area (Å²) in [4.78, 5) is 31.4. The number of aromatic hydroxyl groups is 1. The number of amides is 2. The van der Waals surface area contributed by atoms with E-state index < -0.39 is 23.9 Å². The number of carbonyl (C=O) groups excluding carboxylic acids is 2. The molecule has 0 aromatic heterocycles. The van der Waals surface area contributed by atoms with Gasteiger partial charge in [0.2, 0.25) is 11.8 Å². The van der Waals surface area contributed by atoms with E-state index in [-0.39, 0.29) is 43.2 Å². The highest BCUT2D eigenvalue weighted by atomic mass is 127. The number of rotatable bonds is 11. The van der Waals surface area contributed by atoms with Crippen LogP contribution in [0.1, 0.15) is 50.2 Å². The highest BCUT2D eigenvalue weighted by Crippen LogP contribution is 2.47. The van der Waals surface area contributed by atoms with Gasteiger partial charge in [-0.15, -0.1) is 0 Å². The molecular formula is C35H43IN2O7. The Morgan fingerprint density at radius 2 is 1.82 bits per heavy atom. The molecule has 0 spiro atoms. The summed E-state index contributed by atoms with van der Waals surface area (Å²) in [5.41, 5.74) is 4.11. The van der Waals surface area contributed by atoms with E-state index >= 15 is 0 Å². The van der Waals surface area contributed by atoms with Crippen molar-refractivity contribution in [3.63, 3.8) is 0 Å². The SMILES string of the molecule is COc1cc(/C=C(\C)CC[C@@H](O)C2=C(CO)C[C@H]3C(=O)N(C4CCN(Cc5ccccc5)CC4)C(=O)[C@H]3[C@H]2CO)cc(I)c1O. The number of aliphatic hydroxyl groups is 3. The van der Waals surface area contributed by atoms with Crippen molar-refractivity contribution in [3.8, 4) is 11.5 Å². The van der Waals surface area contributed by atoms with Crippen molar-refractivity contribution in [2.75, 3.05) is 33.4 Å². The molecule has 9 nitrogen and oxygen atoms in total. The van der Waals surface area contributed by atoms with Gasteiger partial charge in [0.25, 0.3) is 0 Å². The molecule has 4 atom stereocenters. The van der Waals surface area contributed by atoms with Gasteiger partial charge in [0, 0.05) is 31.6 Å². The van der Waals surface area contributed by atoms with Crippen molar-refractivity contribution in [1.82, 2.24) is 9.80 Å². The molecule has 2 fully saturated rings. The predicted octanol–water partition coefficient (Wildman–Crippen LogP) is 4.12. The molecule has 3 aliphatic rings. The smallest absolute Gasteiger partial charge is 0.234 e. The molecule has 2 saturated heterocycles. The van der Waals surface area contributed by atoms with Crippen LogP contribution in [0.25, 0.3) is 6.08 Å². The van der Waals surface area contributed by atoms with Crippen LogP contribution < -0.4 is 4.74 Å². The fraction of sp³-hybridized carbons (Fsp3) is 0.486. The van der Waals surface area contributed by atoms with E-state index in [1.165, 1.54) is 17.6 Å². The number of allylic oxidation sites excluding steroid dienone is 1. The van der Waals surface area contributed by atoms with E-state index in [0.717, 1.165) is 30.8 Å². The van der Waals surface area contributed by atoms with E-state index in [9.17, 15) is 30.0 Å². The average molecular weight is 731 g/mol. The number of methoxy groups -OCH3 is 1. The number of hydrogen-bond donors (Lipinski definition) is 4. The van der Waals surface area contributed by atoms with Crippen molar-refractivity contribution in [1.29, 1.82) is 0 Å². The number of imide groups is 1. The number of ether oxygens (including phenoxy) is 1. The van der Waals surface area contributed by atoms with E-state index in [4.69, 9.17) is 4.74 Å². The lowest BCUT2D eigenvalue weighted by molar-refractivity contribution is -0.144. The number of piperidine rings is 1. The number of phenolic OH excluding ortho intramolecular Hbond substituents is 1. The third-order valence-electron chi connectivity index (χ3n) is 9.63. The Morgan fingerprint density at radius 1 is 1.11 bits per heavy atom. The zero-order chi connectivity index (χ0) is 32.2. The van der Waals surface area contributed by atoms with Gasteiger partial charge in [-0.2, -0.15) is 0 Å². The zero-order valence-electron chi connectivity index (χ0n) is 25.9. The van der Waals surface area contributed by atoms with Crippen molar-refractivity contribution < 1.29 is 34.8 Å². The van der Waals surface area contributed by atoms with Gasteiger partial charge < -0.3 is 25.2 Å². The summed E-state index contributed by atoms with van der Waals surface area (Å²) >= 11 is 2.05. The fourth-order valence-corrected chi connectivity index (χ4v) is 8.00. The summed E-state index contributed by atoms with van der Waals surface area (Å²) in [6, 6.07) is 13.6. The summed E-state index contributed by atoms with van der Waals surface area (Å²) in [5, 5.41) is 42.4. The van der Waals surface area contributed by atoms with Crippen molar-refractivity contribution in [2.24, 2.45) is 17.8 Å². The quantitative estimate of drug-likeness (QED) is 0.155. The summed E-state index contributed by atoms with van der Waals surface area (Å²) in [6.07, 6.45) is 3.42. The molecule has 4 N–H and O–H groups in total. The summed E-state index contributed by atoms with van der Waals surface area (Å²) < 4.78 is 5.92. The van der Waals surface area contributed by atoms with E-state index in [0.29, 0.717) is 46.1 Å². The van der Waals surface area contributed by atoms with Crippen LogP contribution in [-0.2, 0) is 16.1 Å². The molecule has 2 amide bonds. The molecule has 0 unspecified atom stereocenters. The molecule has 10 heteroatoms. The highest BCUT2D eigenvalue weighted by molar-refractivity contribution is 14.1. The van der Waals surface area contributed by atoms with Crippen LogP contribution in [-0.4, -0.2) is 87.6 Å². The minimum Gasteiger partial charge on any atom is -0.504 e. The summed E-state index contributed by atoms with van der Waals surface area (Å²) in [7, 11) is 1.50. The van der Waals surface area contributed by atoms with Gasteiger partial charge in [-0.1, -0.05) is 42.0 Å². The maximum absolute atomic E-state index is 13.9. The summed E-state index contributed by atoms with van der Waals surface area (Å²) in [5.74, 6) is -2.13. The lowest BCUT2D eigenvalue weighted by Crippen LogP contribution is -2.47. The lowest BCUT2D eigenvalue weighted by atomic mass is 9.68. The number of nitrogens with zero attached hydrogens (tertiary/aromatic N) is 2. The third kappa shape index (κ3) is 7.15. The molecule has 2 heterocycles. The lowest BCUT2D eigenvalue weighted by Gasteiger charge is -2.36. The first-order valence-electron chi connectivity index (χ1n) is 15.6. The normalized spacial score (nSPS) is 23.9. The van der Waals surface area contributed by atoms with Gasteiger partial charge in [0.15, 0.2) is 11.5 Å². The molecule has 0 saturated carbocycles. The second kappa shape index (κ2) is 14.8. The number of phenols is 1. The Hall–Kier alpha value is -2.77. The molecule has 45 heavy (non-hydrogen) atoms. The number of carbonyl (C=O) groups is 2. The number of hydrogen-bond acceptors (Lipinski definition) is 8. The topological polar surface area (TPSA) is 131 Å². The summed E-state index contributed by atoms with van der Waals surface area (Å²) in [6.45, 7) is 3.61. The Morgan fingerprint density at radius 3 is 2.47 bits per heavy atom. The third-order valence-corrected chi connectivity index (χ3v) is 10.5. The number of halogens is 1. The molecule has 0 bridgehead atoms. The maximum Gasteiger partial charge on any atom is 0.234 e. The van der Waals surface area contributed by atoms with Gasteiger partial charge >= 0.3 is 0 Å². The predicted molar refractivity (Wildman–Crippen MR) is 179 cm³/mol. The Kier molecular flexibility index (Phi) is 11.0. The second-order valence-corrected chi connectivity index (χ2v) is 13.6. The molecule has 2 aromatic carbocycles. The van der Waals surface area contributed by atoms with E-state index in [1.54, 1.807) is 6.07 Å². The van der Waals surface area contributed by atoms with Crippen LogP contribution in [0.3, 0.4) is 0 Å². The van der Waals surface area contributed by atoms with Gasteiger partial charge in [-0.25, -0.2) is 0 Å². The van der Waals surface area contributed by atoms with Crippen LogP contribution in [0.15, 0.2) is 59.2 Å². The zero-order valence-corrected chi connectivity index (χ0v) is 28.0. The van der Waals surface area contributed by atoms with Crippen molar-refractivity contribution in [3.05, 3.63) is 73.9 Å². The Balaban J connectivity index is 1.26. The first-order valence-corrected chi connectivity index (χ1v) is 16.7. The molecule has 2 aromatic rings. The highest BCUT2D eigenvalue weighted by Gasteiger charge is 2.56. The molecule has 5 rings (SSSR count). The molecule has 0 radical (unpaired) electrons. The minimum absolute atomic E-state index is 0.0875. The first kappa shape index (κ1) is 33.6. The Bertz CT molecular complexity index is 1450. The van der Waals surface area contributed by atoms with Gasteiger partial charge in [-0.05, 0) is 96.0 Å². The maximum atomic E-state index is 13.9. The average Bonchev–Trinajstić information content (AvgIpc) is 3.30. The number of benzene rings is 2. The molecule has 1 aliphatic carbocycles. The minimum atomic E-state index is -0.985. The largest absolute Gasteiger partial charge is 0.504 e. The monoisotopic (exact) mass is 730 g/mol. The number of likely N-dealkylation sites (tertiary alicyclic amines) is 2. The standard InChI is InChI=1S/C35H43IN2O7/c1-21(14-23-15-28(36)33(42)30(16-23)45-2)8-9-29(41)31-24(19-39)17-26-32(27(31)20-40)35(44)38(34(26)43)25-10-12-37(13-11-25)18-22-6-4-3-5-7-22/h3-7,14-16,25-27,29,32,39-42H,8-13,17-20H2,1-2H3/b21-14+/t26-,27+,29-,32-/m1/s1. The molecule has 2 aliphatic heterocycles. The van der Waals surface area contributed by atoms with Crippen LogP contribution in [0.2, 0.25) is 0 Å². The second-order valence-electron chi connectivity index (χ2n) is 12.5.